The molecule has 1 unspecified atom stereocenters. The van der Waals surface area contributed by atoms with Crippen molar-refractivity contribution in [3.63, 3.8) is 0 Å². The van der Waals surface area contributed by atoms with Crippen LogP contribution in [0.15, 0.2) is 208 Å². The van der Waals surface area contributed by atoms with Gasteiger partial charge in [0, 0.05) is 41.5 Å². The summed E-state index contributed by atoms with van der Waals surface area (Å²) < 4.78 is 16.0. The molecule has 0 bridgehead atoms. The van der Waals surface area contributed by atoms with E-state index >= 15 is 0 Å². The van der Waals surface area contributed by atoms with E-state index in [1.54, 1.807) is 0 Å². The number of hydrogen-bond donors (Lipinski definition) is 0. The Morgan fingerprint density at radius 3 is 1.52 bits per heavy atom. The summed E-state index contributed by atoms with van der Waals surface area (Å²) in [4.78, 5) is 20.1. The van der Waals surface area contributed by atoms with Crippen LogP contribution in [-0.2, 0) is 5.41 Å². The first-order chi connectivity index (χ1) is 30.3. The number of ether oxygens (including phenoxy) is 2. The van der Waals surface area contributed by atoms with Gasteiger partial charge < -0.3 is 9.47 Å². The summed E-state index contributed by atoms with van der Waals surface area (Å²) in [7, 11) is -2.12. The van der Waals surface area contributed by atoms with Gasteiger partial charge in [-0.15, -0.1) is 10.0 Å². The fourth-order valence-corrected chi connectivity index (χ4v) is 13.3. The highest BCUT2D eigenvalue weighted by molar-refractivity contribution is 8.34. The Morgan fingerprint density at radius 2 is 0.887 bits per heavy atom. The molecule has 8 aromatic carbocycles. The third kappa shape index (κ3) is 5.55. The third-order valence-corrected chi connectivity index (χ3v) is 16.1. The van der Waals surface area contributed by atoms with Crippen molar-refractivity contribution in [2.45, 2.75) is 45.8 Å². The molecule has 2 aliphatic rings. The highest BCUT2D eigenvalue weighted by Crippen LogP contribution is 2.83. The fraction of sp³-hybridized carbons (Fsp3) is 0.0727. The van der Waals surface area contributed by atoms with Crippen molar-refractivity contribution >= 4 is 31.8 Å². The van der Waals surface area contributed by atoms with Gasteiger partial charge in [0.2, 0.25) is 5.95 Å². The molecule has 0 amide bonds. The second kappa shape index (κ2) is 13.8. The molecule has 0 fully saturated rings. The van der Waals surface area contributed by atoms with Crippen LogP contribution in [0.2, 0.25) is 0 Å². The third-order valence-electron chi connectivity index (χ3n) is 12.1. The van der Waals surface area contributed by atoms with Gasteiger partial charge in [0.05, 0.1) is 11.0 Å². The van der Waals surface area contributed by atoms with Crippen LogP contribution in [-0.4, -0.2) is 19.5 Å². The van der Waals surface area contributed by atoms with Crippen LogP contribution < -0.4 is 9.47 Å². The normalized spacial score (nSPS) is 16.0. The summed E-state index contributed by atoms with van der Waals surface area (Å²) in [5.41, 5.74) is 7.39. The Labute approximate surface area is 361 Å². The molecular weight excluding hydrogens is 781 g/mol. The van der Waals surface area contributed by atoms with E-state index in [4.69, 9.17) is 24.4 Å². The van der Waals surface area contributed by atoms with Gasteiger partial charge in [0.1, 0.15) is 23.0 Å². The van der Waals surface area contributed by atoms with Crippen LogP contribution in [0.3, 0.4) is 0 Å². The SMILES string of the molecule is CC(C)(C)c1cccc(-c2ccc3c(c2)Oc2ccccc2S32c3ccccc3Oc3cc(-c4nc(-c5ccccc5)nc(-n5c6ccccc6c6ccccc65)n4)ccc32)c1. The maximum atomic E-state index is 6.97. The van der Waals surface area contributed by atoms with E-state index in [9.17, 15) is 0 Å². The zero-order valence-corrected chi connectivity index (χ0v) is 35.2. The highest BCUT2D eigenvalue weighted by atomic mass is 32.3. The molecule has 2 aliphatic heterocycles. The number of nitrogens with zero attached hydrogens (tertiary/aromatic N) is 4. The summed E-state index contributed by atoms with van der Waals surface area (Å²) >= 11 is 0. The topological polar surface area (TPSA) is 62.1 Å². The Hall–Kier alpha value is -7.48. The molecule has 0 saturated heterocycles. The summed E-state index contributed by atoms with van der Waals surface area (Å²) in [6.07, 6.45) is 0. The smallest absolute Gasteiger partial charge is 0.238 e. The van der Waals surface area contributed by atoms with E-state index in [2.05, 4.69) is 177 Å². The number of benzene rings is 8. The van der Waals surface area contributed by atoms with Gasteiger partial charge in [-0.2, -0.15) is 9.97 Å². The van der Waals surface area contributed by atoms with Crippen molar-refractivity contribution in [1.29, 1.82) is 0 Å². The van der Waals surface area contributed by atoms with Crippen LogP contribution in [0, 0.1) is 0 Å². The second-order valence-electron chi connectivity index (χ2n) is 16.9. The van der Waals surface area contributed by atoms with E-state index < -0.39 is 10.0 Å². The molecule has 0 radical (unpaired) electrons. The first kappa shape index (κ1) is 36.4. The van der Waals surface area contributed by atoms with Crippen LogP contribution in [0.1, 0.15) is 26.3 Å². The zero-order valence-electron chi connectivity index (χ0n) is 34.4. The van der Waals surface area contributed by atoms with Crippen molar-refractivity contribution in [1.82, 2.24) is 19.5 Å². The molecule has 1 atom stereocenters. The summed E-state index contributed by atoms with van der Waals surface area (Å²) in [6.45, 7) is 6.77. The maximum Gasteiger partial charge on any atom is 0.238 e. The van der Waals surface area contributed by atoms with Gasteiger partial charge in [0.15, 0.2) is 11.6 Å². The lowest BCUT2D eigenvalue weighted by molar-refractivity contribution is 0.440. The highest BCUT2D eigenvalue weighted by Gasteiger charge is 2.46. The first-order valence-corrected chi connectivity index (χ1v) is 22.5. The number of rotatable bonds is 4. The molecular formula is C55H40N4O2S. The van der Waals surface area contributed by atoms with Crippen molar-refractivity contribution in [3.8, 4) is 62.8 Å². The van der Waals surface area contributed by atoms with Gasteiger partial charge in [-0.1, -0.05) is 142 Å². The van der Waals surface area contributed by atoms with E-state index in [-0.39, 0.29) is 5.41 Å². The number of para-hydroxylation sites is 4. The summed E-state index contributed by atoms with van der Waals surface area (Å²) in [6, 6.07) is 66.1. The Balaban J connectivity index is 1.07. The first-order valence-electron chi connectivity index (χ1n) is 20.9. The predicted molar refractivity (Wildman–Crippen MR) is 249 cm³/mol. The Kier molecular flexibility index (Phi) is 8.08. The number of hydrogen-bond acceptors (Lipinski definition) is 5. The van der Waals surface area contributed by atoms with E-state index in [1.807, 2.05) is 36.4 Å². The van der Waals surface area contributed by atoms with Gasteiger partial charge in [-0.3, -0.25) is 4.57 Å². The number of aromatic nitrogens is 4. The molecule has 0 saturated carbocycles. The van der Waals surface area contributed by atoms with Crippen LogP contribution >= 0.6 is 10.0 Å². The van der Waals surface area contributed by atoms with E-state index in [0.717, 1.165) is 86.6 Å². The Bertz CT molecular complexity index is 3360. The molecule has 4 heterocycles. The van der Waals surface area contributed by atoms with Crippen LogP contribution in [0.25, 0.3) is 61.7 Å². The molecule has 62 heavy (non-hydrogen) atoms. The second-order valence-corrected chi connectivity index (χ2v) is 19.9. The minimum atomic E-state index is -2.12. The largest absolute Gasteiger partial charge is 0.455 e. The maximum absolute atomic E-state index is 6.97. The summed E-state index contributed by atoms with van der Waals surface area (Å²) in [5.74, 6) is 4.99. The minimum absolute atomic E-state index is 0.0270. The monoisotopic (exact) mass is 820 g/mol. The minimum Gasteiger partial charge on any atom is -0.455 e. The number of fused-ring (bicyclic) bond motifs is 11. The van der Waals surface area contributed by atoms with E-state index in [0.29, 0.717) is 17.6 Å². The quantitative estimate of drug-likeness (QED) is 0.177. The van der Waals surface area contributed by atoms with Crippen molar-refractivity contribution in [2.24, 2.45) is 0 Å². The van der Waals surface area contributed by atoms with E-state index in [1.165, 1.54) is 5.56 Å². The molecule has 7 heteroatoms. The van der Waals surface area contributed by atoms with Gasteiger partial charge in [-0.05, 0) is 88.8 Å². The lowest BCUT2D eigenvalue weighted by Crippen LogP contribution is -2.16. The molecule has 0 aliphatic carbocycles. The molecule has 10 aromatic rings. The molecule has 1 spiro atoms. The molecule has 0 N–H and O–H groups in total. The van der Waals surface area contributed by atoms with Crippen molar-refractivity contribution in [2.75, 3.05) is 0 Å². The predicted octanol–water partition coefficient (Wildman–Crippen LogP) is 14.8. The van der Waals surface area contributed by atoms with Crippen LogP contribution in [0.5, 0.6) is 23.0 Å². The average molecular weight is 821 g/mol. The average Bonchev–Trinajstić information content (AvgIpc) is 3.65. The summed E-state index contributed by atoms with van der Waals surface area (Å²) in [5, 5.41) is 2.28. The van der Waals surface area contributed by atoms with Crippen molar-refractivity contribution < 1.29 is 9.47 Å². The lowest BCUT2D eigenvalue weighted by Gasteiger charge is -2.48. The molecule has 6 nitrogen and oxygen atoms in total. The zero-order chi connectivity index (χ0) is 41.6. The molecule has 298 valence electrons. The standard InChI is InChI=1S/C55H40N4O2S/c1-55(2,3)39-19-15-18-36(32-39)37-28-30-50-46(33-37)60-44-24-11-13-26-48(44)62(50)49-27-14-12-25-45(49)61-47-34-38(29-31-51(47)62)53-56-52(35-16-5-4-6-17-35)57-54(58-53)59-42-22-9-7-20-40(42)41-21-8-10-23-43(41)59/h4-34H,1-3H3. The van der Waals surface area contributed by atoms with Gasteiger partial charge >= 0.3 is 0 Å². The van der Waals surface area contributed by atoms with Crippen molar-refractivity contribution in [3.05, 3.63) is 194 Å². The van der Waals surface area contributed by atoms with Gasteiger partial charge in [0.25, 0.3) is 0 Å². The molecule has 2 aromatic heterocycles. The molecule has 12 rings (SSSR count). The fourth-order valence-electron chi connectivity index (χ4n) is 9.14. The lowest BCUT2D eigenvalue weighted by atomic mass is 9.85. The Morgan fingerprint density at radius 1 is 0.403 bits per heavy atom. The van der Waals surface area contributed by atoms with Gasteiger partial charge in [-0.25, -0.2) is 4.98 Å². The van der Waals surface area contributed by atoms with Crippen LogP contribution in [0.4, 0.5) is 0 Å².